The zero-order valence-electron chi connectivity index (χ0n) is 10.9. The highest BCUT2D eigenvalue weighted by Gasteiger charge is 2.21. The Bertz CT molecular complexity index is 338. The van der Waals surface area contributed by atoms with Crippen LogP contribution in [0.25, 0.3) is 0 Å². The molecule has 3 unspecified atom stereocenters. The lowest BCUT2D eigenvalue weighted by molar-refractivity contribution is 0.109. The molecular formula is C14H22FNO2. The molecule has 1 aromatic carbocycles. The molecule has 102 valence electrons. The lowest BCUT2D eigenvalue weighted by Gasteiger charge is -2.27. The summed E-state index contributed by atoms with van der Waals surface area (Å²) in [5, 5.41) is 22.6. The number of aliphatic hydroxyl groups excluding tert-OH is 2. The molecule has 0 aliphatic carbocycles. The van der Waals surface area contributed by atoms with Gasteiger partial charge in [-0.25, -0.2) is 4.39 Å². The maximum Gasteiger partial charge on any atom is 0.123 e. The first-order valence-electron chi connectivity index (χ1n) is 6.42. The van der Waals surface area contributed by atoms with Gasteiger partial charge in [0.1, 0.15) is 5.82 Å². The summed E-state index contributed by atoms with van der Waals surface area (Å²) >= 11 is 0. The van der Waals surface area contributed by atoms with Crippen molar-refractivity contribution in [2.24, 2.45) is 0 Å². The van der Waals surface area contributed by atoms with Gasteiger partial charge in [0.15, 0.2) is 0 Å². The van der Waals surface area contributed by atoms with Gasteiger partial charge in [0.2, 0.25) is 0 Å². The first-order valence-corrected chi connectivity index (χ1v) is 6.42. The third kappa shape index (κ3) is 4.05. The van der Waals surface area contributed by atoms with Crippen LogP contribution in [-0.2, 0) is 0 Å². The highest BCUT2D eigenvalue weighted by atomic mass is 19.1. The summed E-state index contributed by atoms with van der Waals surface area (Å²) in [5.74, 6) is -0.311. The molecule has 18 heavy (non-hydrogen) atoms. The predicted molar refractivity (Wildman–Crippen MR) is 69.7 cm³/mol. The molecule has 3 atom stereocenters. The van der Waals surface area contributed by atoms with Gasteiger partial charge in [-0.3, -0.25) is 0 Å². The smallest absolute Gasteiger partial charge is 0.123 e. The van der Waals surface area contributed by atoms with E-state index in [9.17, 15) is 9.50 Å². The number of rotatable bonds is 7. The van der Waals surface area contributed by atoms with E-state index in [0.29, 0.717) is 5.56 Å². The van der Waals surface area contributed by atoms with Crippen molar-refractivity contribution < 1.29 is 14.6 Å². The molecule has 3 N–H and O–H groups in total. The van der Waals surface area contributed by atoms with Crippen LogP contribution in [-0.4, -0.2) is 28.9 Å². The van der Waals surface area contributed by atoms with E-state index in [-0.39, 0.29) is 24.5 Å². The number of benzene rings is 1. The van der Waals surface area contributed by atoms with E-state index >= 15 is 0 Å². The maximum absolute atomic E-state index is 12.8. The second-order valence-electron chi connectivity index (χ2n) is 4.47. The molecular weight excluding hydrogens is 233 g/mol. The molecule has 0 saturated carbocycles. The summed E-state index contributed by atoms with van der Waals surface area (Å²) in [6.45, 7) is 3.99. The average Bonchev–Trinajstić information content (AvgIpc) is 2.40. The van der Waals surface area contributed by atoms with Crippen LogP contribution in [0.5, 0.6) is 0 Å². The van der Waals surface area contributed by atoms with Crippen molar-refractivity contribution in [2.75, 3.05) is 6.61 Å². The molecule has 1 aromatic rings. The van der Waals surface area contributed by atoms with Crippen molar-refractivity contribution >= 4 is 0 Å². The second kappa shape index (κ2) is 7.46. The van der Waals surface area contributed by atoms with Crippen molar-refractivity contribution in [1.29, 1.82) is 0 Å². The van der Waals surface area contributed by atoms with Gasteiger partial charge in [-0.15, -0.1) is 0 Å². The maximum atomic E-state index is 12.8. The van der Waals surface area contributed by atoms with E-state index < -0.39 is 6.10 Å². The topological polar surface area (TPSA) is 52.5 Å². The first-order chi connectivity index (χ1) is 8.62. The Balaban J connectivity index is 2.72. The molecule has 0 aliphatic rings. The minimum atomic E-state index is -0.698. The fraction of sp³-hybridized carbons (Fsp3) is 0.571. The van der Waals surface area contributed by atoms with Crippen LogP contribution in [0, 0.1) is 5.82 Å². The van der Waals surface area contributed by atoms with Crippen LogP contribution >= 0.6 is 0 Å². The highest BCUT2D eigenvalue weighted by molar-refractivity contribution is 5.20. The van der Waals surface area contributed by atoms with E-state index in [0.717, 1.165) is 12.8 Å². The van der Waals surface area contributed by atoms with E-state index in [4.69, 9.17) is 5.11 Å². The molecule has 0 saturated heterocycles. The summed E-state index contributed by atoms with van der Waals surface area (Å²) in [5.41, 5.74) is 0.684. The molecule has 1 rings (SSSR count). The Morgan fingerprint density at radius 1 is 1.17 bits per heavy atom. The quantitative estimate of drug-likeness (QED) is 0.698. The molecule has 0 aromatic heterocycles. The van der Waals surface area contributed by atoms with Gasteiger partial charge in [-0.1, -0.05) is 26.0 Å². The Hall–Kier alpha value is -0.970. The lowest BCUT2D eigenvalue weighted by Crippen LogP contribution is -2.43. The van der Waals surface area contributed by atoms with Crippen molar-refractivity contribution in [1.82, 2.24) is 5.32 Å². The summed E-state index contributed by atoms with van der Waals surface area (Å²) in [6, 6.07) is 5.69. The number of aliphatic hydroxyl groups is 2. The van der Waals surface area contributed by atoms with Crippen molar-refractivity contribution in [3.63, 3.8) is 0 Å². The number of halogens is 1. The third-order valence-electron chi connectivity index (χ3n) is 3.20. The molecule has 0 spiro atoms. The van der Waals surface area contributed by atoms with Crippen LogP contribution in [0.15, 0.2) is 24.3 Å². The van der Waals surface area contributed by atoms with Crippen molar-refractivity contribution in [3.8, 4) is 0 Å². The summed E-state index contributed by atoms with van der Waals surface area (Å²) in [6.07, 6.45) is 0.828. The van der Waals surface area contributed by atoms with Gasteiger partial charge < -0.3 is 15.5 Å². The normalized spacial score (nSPS) is 16.3. The van der Waals surface area contributed by atoms with Gasteiger partial charge in [-0.2, -0.15) is 0 Å². The molecule has 4 heteroatoms. The van der Waals surface area contributed by atoms with Crippen molar-refractivity contribution in [3.05, 3.63) is 35.6 Å². The van der Waals surface area contributed by atoms with Crippen LogP contribution < -0.4 is 5.32 Å². The largest absolute Gasteiger partial charge is 0.395 e. The van der Waals surface area contributed by atoms with Crippen LogP contribution in [0.3, 0.4) is 0 Å². The van der Waals surface area contributed by atoms with Gasteiger partial charge in [0.25, 0.3) is 0 Å². The first kappa shape index (κ1) is 15.1. The number of nitrogens with one attached hydrogen (secondary N) is 1. The van der Waals surface area contributed by atoms with Gasteiger partial charge in [-0.05, 0) is 30.5 Å². The van der Waals surface area contributed by atoms with Crippen LogP contribution in [0.1, 0.15) is 38.4 Å². The van der Waals surface area contributed by atoms with Crippen LogP contribution in [0.2, 0.25) is 0 Å². The number of hydrogen-bond acceptors (Lipinski definition) is 3. The van der Waals surface area contributed by atoms with Gasteiger partial charge in [0.05, 0.1) is 12.7 Å². The third-order valence-corrected chi connectivity index (χ3v) is 3.20. The Labute approximate surface area is 108 Å². The zero-order valence-corrected chi connectivity index (χ0v) is 10.9. The molecule has 0 amide bonds. The predicted octanol–water partition coefficient (Wildman–Crippen LogP) is 2.00. The van der Waals surface area contributed by atoms with Crippen molar-refractivity contribution in [2.45, 2.75) is 44.9 Å². The zero-order chi connectivity index (χ0) is 13.5. The molecule has 0 bridgehead atoms. The monoisotopic (exact) mass is 255 g/mol. The second-order valence-corrected chi connectivity index (χ2v) is 4.47. The standard InChI is InChI=1S/C14H22FNO2/c1-3-12(9-17)16-13(4-2)14(18)10-5-7-11(15)8-6-10/h5-8,12-14,16-18H,3-4,9H2,1-2H3. The average molecular weight is 255 g/mol. The molecule has 0 fully saturated rings. The fourth-order valence-corrected chi connectivity index (χ4v) is 1.93. The highest BCUT2D eigenvalue weighted by Crippen LogP contribution is 2.20. The van der Waals surface area contributed by atoms with Gasteiger partial charge in [0, 0.05) is 12.1 Å². The molecule has 0 aliphatic heterocycles. The summed E-state index contributed by atoms with van der Waals surface area (Å²) < 4.78 is 12.8. The molecule has 3 nitrogen and oxygen atoms in total. The van der Waals surface area contributed by atoms with Crippen LogP contribution in [0.4, 0.5) is 4.39 Å². The summed E-state index contributed by atoms with van der Waals surface area (Å²) in [4.78, 5) is 0. The Kier molecular flexibility index (Phi) is 6.25. The van der Waals surface area contributed by atoms with Gasteiger partial charge >= 0.3 is 0 Å². The Morgan fingerprint density at radius 3 is 2.22 bits per heavy atom. The minimum absolute atomic E-state index is 0.0231. The van der Waals surface area contributed by atoms with E-state index in [1.807, 2.05) is 13.8 Å². The van der Waals surface area contributed by atoms with E-state index in [1.165, 1.54) is 12.1 Å². The number of hydrogen-bond donors (Lipinski definition) is 3. The minimum Gasteiger partial charge on any atom is -0.395 e. The summed E-state index contributed by atoms with van der Waals surface area (Å²) in [7, 11) is 0. The molecule has 0 radical (unpaired) electrons. The fourth-order valence-electron chi connectivity index (χ4n) is 1.93. The van der Waals surface area contributed by atoms with E-state index in [2.05, 4.69) is 5.32 Å². The SMILES string of the molecule is CCC(CO)NC(CC)C(O)c1ccc(F)cc1. The lowest BCUT2D eigenvalue weighted by atomic mass is 9.99. The molecule has 0 heterocycles. The van der Waals surface area contributed by atoms with E-state index in [1.54, 1.807) is 12.1 Å². The Morgan fingerprint density at radius 2 is 1.78 bits per heavy atom.